The van der Waals surface area contributed by atoms with Gasteiger partial charge in [-0.05, 0) is 69.2 Å². The maximum absolute atomic E-state index is 13.3. The summed E-state index contributed by atoms with van der Waals surface area (Å²) in [5.41, 5.74) is 7.89. The minimum Gasteiger partial charge on any atom is -0.455 e. The van der Waals surface area contributed by atoms with E-state index in [2.05, 4.69) is 17.5 Å². The average Bonchev–Trinajstić information content (AvgIpc) is 3.24. The molecule has 2 aliphatic rings. The molecule has 6 heteroatoms. The molecule has 1 N–H and O–H groups in total. The van der Waals surface area contributed by atoms with Crippen LogP contribution in [0, 0.1) is 6.92 Å². The normalized spacial score (nSPS) is 18.9. The number of hydrogen-bond acceptors (Lipinski definition) is 4. The highest BCUT2D eigenvalue weighted by molar-refractivity contribution is 6.07. The molecular weight excluding hydrogens is 438 g/mol. The lowest BCUT2D eigenvalue weighted by Gasteiger charge is -2.32. The number of furan rings is 1. The lowest BCUT2D eigenvalue weighted by Crippen LogP contribution is -2.42. The molecular formula is C29H31N3O3. The number of piperidine rings is 1. The molecule has 1 fully saturated rings. The van der Waals surface area contributed by atoms with E-state index in [1.807, 2.05) is 66.4 Å². The third kappa shape index (κ3) is 4.65. The number of likely N-dealkylation sites (tertiary alicyclic amines) is 1. The van der Waals surface area contributed by atoms with Crippen LogP contribution in [-0.2, 0) is 6.42 Å². The Morgan fingerprint density at radius 3 is 2.46 bits per heavy atom. The fraction of sp³-hybridized carbons (Fsp3) is 0.345. The summed E-state index contributed by atoms with van der Waals surface area (Å²) in [6.07, 6.45) is 5.58. The predicted molar refractivity (Wildman–Crippen MR) is 137 cm³/mol. The van der Waals surface area contributed by atoms with Crippen molar-refractivity contribution in [2.24, 2.45) is 5.10 Å². The smallest absolute Gasteiger partial charge is 0.290 e. The number of carbonyl (C=O) groups is 2. The van der Waals surface area contributed by atoms with E-state index < -0.39 is 0 Å². The van der Waals surface area contributed by atoms with Crippen molar-refractivity contribution >= 4 is 17.5 Å². The lowest BCUT2D eigenvalue weighted by molar-refractivity contribution is 0.0600. The van der Waals surface area contributed by atoms with Gasteiger partial charge >= 0.3 is 0 Å². The van der Waals surface area contributed by atoms with Gasteiger partial charge in [-0.25, -0.2) is 5.43 Å². The van der Waals surface area contributed by atoms with E-state index in [1.165, 1.54) is 0 Å². The number of hydrazone groups is 1. The Balaban J connectivity index is 1.34. The van der Waals surface area contributed by atoms with Crippen molar-refractivity contribution in [3.05, 3.63) is 82.8 Å². The van der Waals surface area contributed by atoms with Gasteiger partial charge in [0.1, 0.15) is 5.76 Å². The molecule has 2 heterocycles. The van der Waals surface area contributed by atoms with Gasteiger partial charge in [0.2, 0.25) is 0 Å². The third-order valence-corrected chi connectivity index (χ3v) is 7.13. The number of nitrogens with one attached hydrogen (secondary N) is 1. The number of rotatable bonds is 4. The first-order valence-electron chi connectivity index (χ1n) is 12.5. The van der Waals surface area contributed by atoms with Crippen molar-refractivity contribution in [3.63, 3.8) is 0 Å². The van der Waals surface area contributed by atoms with Gasteiger partial charge in [-0.15, -0.1) is 0 Å². The van der Waals surface area contributed by atoms with Crippen molar-refractivity contribution in [1.82, 2.24) is 10.3 Å². The molecule has 1 saturated heterocycles. The van der Waals surface area contributed by atoms with Crippen molar-refractivity contribution in [2.45, 2.75) is 58.4 Å². The number of fused-ring (bicyclic) bond motifs is 1. The fourth-order valence-electron chi connectivity index (χ4n) is 5.14. The lowest BCUT2D eigenvalue weighted by atomic mass is 9.93. The summed E-state index contributed by atoms with van der Waals surface area (Å²) in [6.45, 7) is 4.80. The van der Waals surface area contributed by atoms with E-state index >= 15 is 0 Å². The monoisotopic (exact) mass is 469 g/mol. The Morgan fingerprint density at radius 2 is 1.71 bits per heavy atom. The van der Waals surface area contributed by atoms with Crippen molar-refractivity contribution in [2.75, 3.05) is 6.54 Å². The Morgan fingerprint density at radius 1 is 0.971 bits per heavy atom. The Bertz CT molecular complexity index is 1260. The average molecular weight is 470 g/mol. The summed E-state index contributed by atoms with van der Waals surface area (Å²) in [6, 6.07) is 17.8. The van der Waals surface area contributed by atoms with E-state index in [9.17, 15) is 9.59 Å². The molecule has 1 unspecified atom stereocenters. The van der Waals surface area contributed by atoms with Gasteiger partial charge in [-0.2, -0.15) is 5.10 Å². The molecule has 0 bridgehead atoms. The van der Waals surface area contributed by atoms with Crippen LogP contribution < -0.4 is 5.43 Å². The van der Waals surface area contributed by atoms with Crippen LogP contribution >= 0.6 is 0 Å². The van der Waals surface area contributed by atoms with Gasteiger partial charge in [0.15, 0.2) is 5.76 Å². The van der Waals surface area contributed by atoms with Gasteiger partial charge in [0.25, 0.3) is 11.8 Å². The highest BCUT2D eigenvalue weighted by Gasteiger charge is 2.32. The summed E-state index contributed by atoms with van der Waals surface area (Å²) in [7, 11) is 0. The van der Waals surface area contributed by atoms with Crippen LogP contribution in [0.4, 0.5) is 0 Å². The molecule has 6 nitrogen and oxygen atoms in total. The second kappa shape index (κ2) is 9.90. The maximum Gasteiger partial charge on any atom is 0.290 e. The van der Waals surface area contributed by atoms with E-state index in [0.717, 1.165) is 78.8 Å². The molecule has 1 aromatic heterocycles. The Hall–Kier alpha value is -3.67. The number of benzene rings is 2. The molecule has 0 spiro atoms. The number of nitrogens with zero attached hydrogens (tertiary/aromatic N) is 2. The zero-order valence-corrected chi connectivity index (χ0v) is 20.3. The van der Waals surface area contributed by atoms with Gasteiger partial charge < -0.3 is 9.32 Å². The summed E-state index contributed by atoms with van der Waals surface area (Å²) >= 11 is 0. The molecule has 5 rings (SSSR count). The van der Waals surface area contributed by atoms with Gasteiger partial charge in [0.05, 0.1) is 5.71 Å². The van der Waals surface area contributed by atoms with Crippen LogP contribution in [0.25, 0.3) is 11.1 Å². The topological polar surface area (TPSA) is 74.9 Å². The van der Waals surface area contributed by atoms with E-state index in [4.69, 9.17) is 4.42 Å². The number of hydrogen-bond donors (Lipinski definition) is 1. The first-order valence-corrected chi connectivity index (χ1v) is 12.5. The number of amides is 2. The molecule has 1 atom stereocenters. The molecule has 0 saturated carbocycles. The van der Waals surface area contributed by atoms with E-state index in [0.29, 0.717) is 11.3 Å². The second-order valence-electron chi connectivity index (χ2n) is 9.49. The molecule has 1 aliphatic heterocycles. The van der Waals surface area contributed by atoms with Crippen molar-refractivity contribution in [1.29, 1.82) is 0 Å². The quantitative estimate of drug-likeness (QED) is 0.495. The number of aryl methyl sites for hydroxylation is 1. The molecule has 35 heavy (non-hydrogen) atoms. The van der Waals surface area contributed by atoms with Gasteiger partial charge in [-0.3, -0.25) is 9.59 Å². The van der Waals surface area contributed by atoms with Crippen LogP contribution in [0.1, 0.15) is 76.8 Å². The van der Waals surface area contributed by atoms with Crippen LogP contribution in [0.3, 0.4) is 0 Å². The van der Waals surface area contributed by atoms with Gasteiger partial charge in [-0.1, -0.05) is 42.5 Å². The van der Waals surface area contributed by atoms with Crippen molar-refractivity contribution < 1.29 is 14.0 Å². The van der Waals surface area contributed by atoms with Gasteiger partial charge in [0, 0.05) is 35.7 Å². The minimum atomic E-state index is -0.260. The zero-order valence-electron chi connectivity index (χ0n) is 20.3. The van der Waals surface area contributed by atoms with Crippen molar-refractivity contribution in [3.8, 4) is 11.1 Å². The summed E-state index contributed by atoms with van der Waals surface area (Å²) < 4.78 is 6.09. The molecule has 2 amide bonds. The summed E-state index contributed by atoms with van der Waals surface area (Å²) in [4.78, 5) is 28.0. The molecule has 2 aromatic carbocycles. The Kier molecular flexibility index (Phi) is 6.53. The predicted octanol–water partition coefficient (Wildman–Crippen LogP) is 5.74. The van der Waals surface area contributed by atoms with Crippen LogP contribution in [0.5, 0.6) is 0 Å². The first kappa shape index (κ1) is 23.1. The molecule has 180 valence electrons. The Labute approximate surface area is 206 Å². The largest absolute Gasteiger partial charge is 0.455 e. The highest BCUT2D eigenvalue weighted by Crippen LogP contribution is 2.31. The van der Waals surface area contributed by atoms with E-state index in [-0.39, 0.29) is 17.9 Å². The first-order chi connectivity index (χ1) is 17.0. The third-order valence-electron chi connectivity index (χ3n) is 7.13. The maximum atomic E-state index is 13.3. The fourth-order valence-corrected chi connectivity index (χ4v) is 5.14. The zero-order chi connectivity index (χ0) is 24.4. The summed E-state index contributed by atoms with van der Waals surface area (Å²) in [5.74, 6) is 0.915. The van der Waals surface area contributed by atoms with Crippen LogP contribution in [-0.4, -0.2) is 35.0 Å². The van der Waals surface area contributed by atoms with Crippen LogP contribution in [0.15, 0.2) is 64.1 Å². The van der Waals surface area contributed by atoms with E-state index in [1.54, 1.807) is 0 Å². The summed E-state index contributed by atoms with van der Waals surface area (Å²) in [5, 5.41) is 4.47. The second-order valence-corrected chi connectivity index (χ2v) is 9.49. The number of carbonyl (C=O) groups excluding carboxylic acids is 2. The van der Waals surface area contributed by atoms with Crippen LogP contribution in [0.2, 0.25) is 0 Å². The SMILES string of the molecule is Cc1c(C(=O)N2CCCCC2C)oc2c1/C(=N/NC(=O)c1ccc(-c3ccccc3)cc1)CCC2. The molecule has 0 radical (unpaired) electrons. The molecule has 1 aliphatic carbocycles. The standard InChI is InChI=1S/C29H31N3O3/c1-19-9-6-7-18-32(19)29(34)27-20(2)26-24(12-8-13-25(26)35-27)30-31-28(33)23-16-14-22(15-17-23)21-10-4-3-5-11-21/h3-5,10-11,14-17,19H,6-9,12-13,18H2,1-2H3,(H,31,33)/b30-24+. The minimum absolute atomic E-state index is 0.0361. The highest BCUT2D eigenvalue weighted by atomic mass is 16.4. The molecule has 3 aromatic rings.